The topological polar surface area (TPSA) is 34.1 Å². The van der Waals surface area contributed by atoms with E-state index in [0.29, 0.717) is 11.3 Å². The van der Waals surface area contributed by atoms with Crippen LogP contribution in [0.15, 0.2) is 0 Å². The fourth-order valence-corrected chi connectivity index (χ4v) is 2.52. The lowest BCUT2D eigenvalue weighted by Gasteiger charge is -2.47. The highest BCUT2D eigenvalue weighted by Gasteiger charge is 2.58. The van der Waals surface area contributed by atoms with Crippen molar-refractivity contribution in [3.05, 3.63) is 0 Å². The maximum absolute atomic E-state index is 11.4. The summed E-state index contributed by atoms with van der Waals surface area (Å²) in [6, 6.07) is 0. The van der Waals surface area contributed by atoms with Crippen molar-refractivity contribution in [3.8, 4) is 0 Å². The quantitative estimate of drug-likeness (QED) is 0.511. The maximum atomic E-state index is 11.4. The molecule has 0 aromatic heterocycles. The maximum Gasteiger partial charge on any atom is 0.154 e. The molecule has 0 aromatic rings. The molecule has 0 spiro atoms. The third-order valence-electron chi connectivity index (χ3n) is 2.35. The normalized spacial score (nSPS) is 26.2. The van der Waals surface area contributed by atoms with Gasteiger partial charge in [0.2, 0.25) is 0 Å². The summed E-state index contributed by atoms with van der Waals surface area (Å²) in [6.45, 7) is 7.23. The summed E-state index contributed by atoms with van der Waals surface area (Å²) in [5, 5.41) is 0. The molecule has 62 valence electrons. The zero-order valence-corrected chi connectivity index (χ0v) is 8.04. The average molecular weight is 172 g/mol. The summed E-state index contributed by atoms with van der Waals surface area (Å²) in [5.74, 6) is 0.170. The van der Waals surface area contributed by atoms with Gasteiger partial charge in [-0.1, -0.05) is 0 Å². The van der Waals surface area contributed by atoms with Crippen molar-refractivity contribution in [2.24, 2.45) is 10.8 Å². The Morgan fingerprint density at radius 2 is 1.45 bits per heavy atom. The molecule has 1 aliphatic carbocycles. The molecule has 0 atom stereocenters. The summed E-state index contributed by atoms with van der Waals surface area (Å²) < 4.78 is 10.6. The van der Waals surface area contributed by atoms with Crippen LogP contribution < -0.4 is 0 Å². The number of ketones is 1. The van der Waals surface area contributed by atoms with E-state index in [0.717, 1.165) is 4.86 Å². The first-order chi connectivity index (χ1) is 4.85. The highest BCUT2D eigenvalue weighted by atomic mass is 32.1. The van der Waals surface area contributed by atoms with Gasteiger partial charge in [-0.15, -0.1) is 0 Å². The van der Waals surface area contributed by atoms with Gasteiger partial charge in [0.25, 0.3) is 0 Å². The van der Waals surface area contributed by atoms with Crippen molar-refractivity contribution < 1.29 is 9.00 Å². The van der Waals surface area contributed by atoms with Gasteiger partial charge in [-0.25, -0.2) is 4.21 Å². The summed E-state index contributed by atoms with van der Waals surface area (Å²) in [5.41, 5.74) is -0.980. The third kappa shape index (κ3) is 0.836. The Morgan fingerprint density at radius 3 is 1.64 bits per heavy atom. The van der Waals surface area contributed by atoms with Crippen LogP contribution in [0.1, 0.15) is 27.7 Å². The van der Waals surface area contributed by atoms with Gasteiger partial charge in [-0.3, -0.25) is 4.79 Å². The molecule has 0 radical (unpaired) electrons. The molecule has 0 heterocycles. The predicted molar refractivity (Wildman–Crippen MR) is 45.7 cm³/mol. The molecule has 2 nitrogen and oxygen atoms in total. The molecule has 0 aromatic carbocycles. The van der Waals surface area contributed by atoms with E-state index < -0.39 is 10.8 Å². The zero-order valence-electron chi connectivity index (χ0n) is 7.22. The number of hydrogen-bond donors (Lipinski definition) is 0. The minimum Gasteiger partial charge on any atom is -0.298 e. The van der Waals surface area contributed by atoms with Gasteiger partial charge in [-0.05, 0) is 27.7 Å². The van der Waals surface area contributed by atoms with E-state index in [9.17, 15) is 9.00 Å². The fourth-order valence-electron chi connectivity index (χ4n) is 1.91. The van der Waals surface area contributed by atoms with Gasteiger partial charge < -0.3 is 0 Å². The Morgan fingerprint density at radius 1 is 1.09 bits per heavy atom. The molecular weight excluding hydrogens is 160 g/mol. The first kappa shape index (κ1) is 8.65. The van der Waals surface area contributed by atoms with Crippen molar-refractivity contribution in [1.82, 2.24) is 0 Å². The molecule has 0 amide bonds. The Bertz CT molecular complexity index is 250. The SMILES string of the molecule is CC1(C)C(=O)C(C)(C)C1=S=O. The van der Waals surface area contributed by atoms with Crippen LogP contribution in [-0.4, -0.2) is 14.9 Å². The van der Waals surface area contributed by atoms with Crippen LogP contribution in [-0.2, 0) is 16.1 Å². The van der Waals surface area contributed by atoms with Gasteiger partial charge in [0.15, 0.2) is 5.78 Å². The number of Topliss-reactive ketones (excluding diaryl/α,β-unsaturated/α-hetero) is 1. The second kappa shape index (κ2) is 2.03. The van der Waals surface area contributed by atoms with Gasteiger partial charge in [0.05, 0.1) is 22.1 Å². The molecule has 0 N–H and O–H groups in total. The van der Waals surface area contributed by atoms with Crippen molar-refractivity contribution >= 4 is 21.9 Å². The van der Waals surface area contributed by atoms with E-state index in [1.54, 1.807) is 27.7 Å². The van der Waals surface area contributed by atoms with Gasteiger partial charge in [0, 0.05) is 4.86 Å². The van der Waals surface area contributed by atoms with Gasteiger partial charge >= 0.3 is 0 Å². The molecule has 0 bridgehead atoms. The number of carbonyl (C=O) groups is 1. The molecule has 1 fully saturated rings. The molecule has 11 heavy (non-hydrogen) atoms. The monoisotopic (exact) mass is 172 g/mol. The van der Waals surface area contributed by atoms with E-state index in [1.807, 2.05) is 0 Å². The molecule has 1 aliphatic rings. The second-order valence-electron chi connectivity index (χ2n) is 3.99. The number of hydrogen-bond acceptors (Lipinski definition) is 2. The Labute approximate surface area is 70.1 Å². The molecular formula is C8H12O2S. The lowest BCUT2D eigenvalue weighted by atomic mass is 9.55. The van der Waals surface area contributed by atoms with Crippen LogP contribution in [0.25, 0.3) is 0 Å². The van der Waals surface area contributed by atoms with Crippen molar-refractivity contribution in [2.45, 2.75) is 27.7 Å². The molecule has 1 rings (SSSR count). The first-order valence-electron chi connectivity index (χ1n) is 3.57. The fraction of sp³-hybridized carbons (Fsp3) is 0.750. The summed E-state index contributed by atoms with van der Waals surface area (Å²) >= 11 is 0.475. The Balaban J connectivity index is 3.18. The largest absolute Gasteiger partial charge is 0.298 e. The van der Waals surface area contributed by atoms with Crippen molar-refractivity contribution in [2.75, 3.05) is 0 Å². The van der Waals surface area contributed by atoms with Gasteiger partial charge in [0.1, 0.15) is 0 Å². The summed E-state index contributed by atoms with van der Waals surface area (Å²) in [4.78, 5) is 12.2. The second-order valence-corrected chi connectivity index (χ2v) is 4.57. The van der Waals surface area contributed by atoms with Crippen molar-refractivity contribution in [1.29, 1.82) is 0 Å². The minimum atomic E-state index is -0.490. The predicted octanol–water partition coefficient (Wildman–Crippen LogP) is 1.01. The average Bonchev–Trinajstić information content (AvgIpc) is 1.86. The molecule has 1 saturated carbocycles. The zero-order chi connectivity index (χ0) is 8.86. The molecule has 0 aliphatic heterocycles. The van der Waals surface area contributed by atoms with E-state index in [4.69, 9.17) is 0 Å². The summed E-state index contributed by atoms with van der Waals surface area (Å²) in [7, 11) is 0. The van der Waals surface area contributed by atoms with E-state index in [1.165, 1.54) is 0 Å². The lowest BCUT2D eigenvalue weighted by molar-refractivity contribution is -0.134. The summed E-state index contributed by atoms with van der Waals surface area (Å²) in [6.07, 6.45) is 0. The van der Waals surface area contributed by atoms with Crippen LogP contribution in [0.5, 0.6) is 0 Å². The van der Waals surface area contributed by atoms with E-state index >= 15 is 0 Å². The smallest absolute Gasteiger partial charge is 0.154 e. The van der Waals surface area contributed by atoms with Crippen molar-refractivity contribution in [3.63, 3.8) is 0 Å². The molecule has 0 unspecified atom stereocenters. The number of carbonyl (C=O) groups excluding carboxylic acids is 1. The Hall–Kier alpha value is -0.440. The van der Waals surface area contributed by atoms with Crippen LogP contribution in [0.2, 0.25) is 0 Å². The molecule has 3 heteroatoms. The molecule has 0 saturated heterocycles. The van der Waals surface area contributed by atoms with Crippen LogP contribution >= 0.6 is 0 Å². The highest BCUT2D eigenvalue weighted by Crippen LogP contribution is 2.46. The van der Waals surface area contributed by atoms with Crippen LogP contribution in [0.4, 0.5) is 0 Å². The highest BCUT2D eigenvalue weighted by molar-refractivity contribution is 7.67. The lowest BCUT2D eigenvalue weighted by Crippen LogP contribution is -2.61. The van der Waals surface area contributed by atoms with Gasteiger partial charge in [-0.2, -0.15) is 0 Å². The van der Waals surface area contributed by atoms with E-state index in [-0.39, 0.29) is 5.78 Å². The van der Waals surface area contributed by atoms with E-state index in [2.05, 4.69) is 0 Å². The van der Waals surface area contributed by atoms with Crippen LogP contribution in [0, 0.1) is 10.8 Å². The van der Waals surface area contributed by atoms with Crippen LogP contribution in [0.3, 0.4) is 0 Å². The number of rotatable bonds is 0. The standard InChI is InChI=1S/C8H12O2S/c1-7(2)5(9)8(3,4)6(7)11-10/h1-4H3. The first-order valence-corrected chi connectivity index (χ1v) is 4.32. The Kier molecular flexibility index (Phi) is 1.60. The third-order valence-corrected chi connectivity index (χ3v) is 3.54. The minimum absolute atomic E-state index is 0.170.